The van der Waals surface area contributed by atoms with Gasteiger partial charge in [-0.2, -0.15) is 0 Å². The van der Waals surface area contributed by atoms with E-state index in [1.165, 1.54) is 0 Å². The Morgan fingerprint density at radius 2 is 1.42 bits per heavy atom. The lowest BCUT2D eigenvalue weighted by molar-refractivity contribution is -0.394. The third-order valence-electron chi connectivity index (χ3n) is 3.87. The van der Waals surface area contributed by atoms with Crippen LogP contribution < -0.4 is 16.0 Å². The zero-order valence-electron chi connectivity index (χ0n) is 16.8. The number of rotatable bonds is 5. The summed E-state index contributed by atoms with van der Waals surface area (Å²) in [6.45, 7) is 5.31. The van der Waals surface area contributed by atoms with E-state index < -0.39 is 32.5 Å². The van der Waals surface area contributed by atoms with Gasteiger partial charge < -0.3 is 10.6 Å². The minimum absolute atomic E-state index is 0.140. The Bertz CT molecular complexity index is 1050. The van der Waals surface area contributed by atoms with Gasteiger partial charge in [0.15, 0.2) is 5.11 Å². The van der Waals surface area contributed by atoms with E-state index in [4.69, 9.17) is 12.2 Å². The number of hydrogen-bond donors (Lipinski definition) is 3. The van der Waals surface area contributed by atoms with Crippen molar-refractivity contribution in [2.75, 3.05) is 10.6 Å². The normalized spacial score (nSPS) is 10.7. The molecule has 0 aliphatic heterocycles. The Labute approximate surface area is 182 Å². The maximum Gasteiger partial charge on any atom is 0.277 e. The molecule has 0 aromatic heterocycles. The van der Waals surface area contributed by atoms with Gasteiger partial charge in [-0.15, -0.1) is 0 Å². The molecule has 0 fully saturated rings. The van der Waals surface area contributed by atoms with Crippen molar-refractivity contribution in [3.63, 3.8) is 0 Å². The van der Waals surface area contributed by atoms with Gasteiger partial charge in [0.25, 0.3) is 17.3 Å². The van der Waals surface area contributed by atoms with E-state index in [-0.39, 0.29) is 16.6 Å². The molecule has 0 unspecified atom stereocenters. The molecule has 0 saturated heterocycles. The van der Waals surface area contributed by atoms with Crippen LogP contribution in [-0.2, 0) is 4.79 Å². The number of nitrogens with one attached hydrogen (secondary N) is 3. The number of hydrogen-bond acceptors (Lipinski definition) is 7. The van der Waals surface area contributed by atoms with Crippen molar-refractivity contribution in [2.24, 2.45) is 5.41 Å². The van der Waals surface area contributed by atoms with Crippen LogP contribution in [0.3, 0.4) is 0 Å². The molecule has 0 aliphatic rings. The highest BCUT2D eigenvalue weighted by Crippen LogP contribution is 2.23. The van der Waals surface area contributed by atoms with Crippen molar-refractivity contribution in [3.8, 4) is 0 Å². The fourth-order valence-electron chi connectivity index (χ4n) is 2.27. The second-order valence-corrected chi connectivity index (χ2v) is 7.85. The first-order chi connectivity index (χ1) is 14.4. The summed E-state index contributed by atoms with van der Waals surface area (Å²) in [7, 11) is 0. The van der Waals surface area contributed by atoms with E-state index in [9.17, 15) is 29.8 Å². The van der Waals surface area contributed by atoms with Gasteiger partial charge in [-0.05, 0) is 30.4 Å². The molecule has 11 nitrogen and oxygen atoms in total. The lowest BCUT2D eigenvalue weighted by atomic mass is 9.95. The summed E-state index contributed by atoms with van der Waals surface area (Å²) in [4.78, 5) is 44.8. The summed E-state index contributed by atoms with van der Waals surface area (Å²) in [6, 6.07) is 9.16. The second-order valence-electron chi connectivity index (χ2n) is 7.45. The van der Waals surface area contributed by atoms with Gasteiger partial charge in [0.2, 0.25) is 5.91 Å². The van der Waals surface area contributed by atoms with Crippen molar-refractivity contribution in [3.05, 3.63) is 68.3 Å². The van der Waals surface area contributed by atoms with Crippen LogP contribution in [0, 0.1) is 25.6 Å². The van der Waals surface area contributed by atoms with E-state index in [1.54, 1.807) is 45.0 Å². The third kappa shape index (κ3) is 6.54. The maximum absolute atomic E-state index is 12.4. The van der Waals surface area contributed by atoms with Crippen molar-refractivity contribution < 1.29 is 19.4 Å². The van der Waals surface area contributed by atoms with Crippen LogP contribution in [0.2, 0.25) is 0 Å². The molecule has 0 heterocycles. The van der Waals surface area contributed by atoms with Crippen molar-refractivity contribution >= 4 is 51.9 Å². The number of thiocarbonyl (C=S) groups is 1. The van der Waals surface area contributed by atoms with E-state index in [0.29, 0.717) is 11.4 Å². The number of carbonyl (C=O) groups excluding carboxylic acids is 2. The molecular formula is C19H19N5O6S. The van der Waals surface area contributed by atoms with Gasteiger partial charge in [-0.25, -0.2) is 0 Å². The van der Waals surface area contributed by atoms with Crippen LogP contribution in [0.25, 0.3) is 0 Å². The number of nitrogens with zero attached hydrogens (tertiary/aromatic N) is 2. The maximum atomic E-state index is 12.4. The van der Waals surface area contributed by atoms with Crippen LogP contribution in [0.15, 0.2) is 42.5 Å². The molecule has 2 aromatic rings. The monoisotopic (exact) mass is 445 g/mol. The Kier molecular flexibility index (Phi) is 6.97. The Morgan fingerprint density at radius 1 is 0.903 bits per heavy atom. The molecule has 0 radical (unpaired) electrons. The topological polar surface area (TPSA) is 157 Å². The Hall–Kier alpha value is -3.93. The fourth-order valence-corrected chi connectivity index (χ4v) is 2.48. The van der Waals surface area contributed by atoms with Gasteiger partial charge in [0, 0.05) is 28.9 Å². The summed E-state index contributed by atoms with van der Waals surface area (Å²) < 4.78 is 0. The number of non-ortho nitro benzene ring substituents is 2. The average molecular weight is 445 g/mol. The molecule has 0 atom stereocenters. The van der Waals surface area contributed by atoms with Gasteiger partial charge in [-0.1, -0.05) is 26.8 Å². The van der Waals surface area contributed by atoms with Crippen molar-refractivity contribution in [1.82, 2.24) is 5.32 Å². The highest BCUT2D eigenvalue weighted by atomic mass is 32.1. The van der Waals surface area contributed by atoms with Crippen LogP contribution in [-0.4, -0.2) is 26.8 Å². The minimum atomic E-state index is -0.860. The number of nitro groups is 2. The quantitative estimate of drug-likeness (QED) is 0.358. The molecule has 162 valence electrons. The highest BCUT2D eigenvalue weighted by Gasteiger charge is 2.22. The molecule has 0 spiro atoms. The molecule has 12 heteroatoms. The number of nitro benzene ring substituents is 2. The largest absolute Gasteiger partial charge is 0.332 e. The van der Waals surface area contributed by atoms with E-state index in [1.807, 2.05) is 0 Å². The average Bonchev–Trinajstić information content (AvgIpc) is 2.66. The number of carbonyl (C=O) groups is 2. The Balaban J connectivity index is 2.12. The van der Waals surface area contributed by atoms with Gasteiger partial charge in [0.1, 0.15) is 0 Å². The molecule has 2 amide bonds. The van der Waals surface area contributed by atoms with E-state index >= 15 is 0 Å². The molecule has 0 aliphatic carbocycles. The van der Waals surface area contributed by atoms with Gasteiger partial charge in [0.05, 0.1) is 21.5 Å². The SMILES string of the molecule is CC(C)(C)C(=O)Nc1cccc(NC(=S)NC(=O)c2cc([N+](=O)[O-])cc([N+](=O)[O-])c2)c1. The first-order valence-corrected chi connectivity index (χ1v) is 9.25. The molecule has 2 rings (SSSR count). The summed E-state index contributed by atoms with van der Waals surface area (Å²) in [5.41, 5.74) is -1.11. The van der Waals surface area contributed by atoms with Crippen molar-refractivity contribution in [1.29, 1.82) is 0 Å². The zero-order chi connectivity index (χ0) is 23.3. The summed E-state index contributed by atoms with van der Waals surface area (Å²) in [5.74, 6) is -1.05. The van der Waals surface area contributed by atoms with Crippen LogP contribution >= 0.6 is 12.2 Å². The second kappa shape index (κ2) is 9.26. The smallest absolute Gasteiger partial charge is 0.277 e. The first kappa shape index (κ1) is 23.3. The van der Waals surface area contributed by atoms with Gasteiger partial charge >= 0.3 is 0 Å². The molecular weight excluding hydrogens is 426 g/mol. The standard InChI is InChI=1S/C19H19N5O6S/c1-19(2,3)17(26)20-12-5-4-6-13(9-12)21-18(31)22-16(25)11-7-14(23(27)28)10-15(8-11)24(29)30/h4-10H,1-3H3,(H,20,26)(H2,21,22,25,31). The number of amides is 2. The third-order valence-corrected chi connectivity index (χ3v) is 4.08. The summed E-state index contributed by atoms with van der Waals surface area (Å²) >= 11 is 5.07. The lowest BCUT2D eigenvalue weighted by Gasteiger charge is -2.18. The first-order valence-electron chi connectivity index (χ1n) is 8.84. The molecule has 2 aromatic carbocycles. The number of anilines is 2. The minimum Gasteiger partial charge on any atom is -0.332 e. The lowest BCUT2D eigenvalue weighted by Crippen LogP contribution is -2.34. The predicted molar refractivity (Wildman–Crippen MR) is 118 cm³/mol. The molecule has 0 bridgehead atoms. The van der Waals surface area contributed by atoms with E-state index in [2.05, 4.69) is 16.0 Å². The highest BCUT2D eigenvalue weighted by molar-refractivity contribution is 7.80. The zero-order valence-corrected chi connectivity index (χ0v) is 17.6. The summed E-state index contributed by atoms with van der Waals surface area (Å²) in [5, 5.41) is 29.6. The van der Waals surface area contributed by atoms with Crippen LogP contribution in [0.4, 0.5) is 22.7 Å². The van der Waals surface area contributed by atoms with E-state index in [0.717, 1.165) is 18.2 Å². The predicted octanol–water partition coefficient (Wildman–Crippen LogP) is 3.61. The Morgan fingerprint density at radius 3 is 1.90 bits per heavy atom. The van der Waals surface area contributed by atoms with Crippen LogP contribution in [0.5, 0.6) is 0 Å². The molecule has 3 N–H and O–H groups in total. The molecule has 31 heavy (non-hydrogen) atoms. The number of benzene rings is 2. The van der Waals surface area contributed by atoms with Crippen LogP contribution in [0.1, 0.15) is 31.1 Å². The van der Waals surface area contributed by atoms with Crippen molar-refractivity contribution in [2.45, 2.75) is 20.8 Å². The summed E-state index contributed by atoms with van der Waals surface area (Å²) in [6.07, 6.45) is 0. The van der Waals surface area contributed by atoms with Gasteiger partial charge in [-0.3, -0.25) is 35.1 Å². The fraction of sp³-hybridized carbons (Fsp3) is 0.211. The molecule has 0 saturated carbocycles.